The molecule has 1 aliphatic heterocycles. The summed E-state index contributed by atoms with van der Waals surface area (Å²) in [5.74, 6) is -8.75. The first kappa shape index (κ1) is 10.7. The molecule has 1 amide bonds. The first-order valence-electron chi connectivity index (χ1n) is 4.46. The maximum Gasteiger partial charge on any atom is 0.351 e. The number of halogens is 4. The molecule has 0 aromatic rings. The molecule has 2 fully saturated rings. The van der Waals surface area contributed by atoms with E-state index in [-0.39, 0.29) is 6.42 Å². The molecule has 7 heteroatoms. The number of amides is 1. The van der Waals surface area contributed by atoms with Gasteiger partial charge in [0.05, 0.1) is 5.54 Å². The van der Waals surface area contributed by atoms with Gasteiger partial charge < -0.3 is 10.4 Å². The molecule has 0 radical (unpaired) electrons. The van der Waals surface area contributed by atoms with Gasteiger partial charge in [-0.1, -0.05) is 0 Å². The third-order valence-electron chi connectivity index (χ3n) is 3.04. The van der Waals surface area contributed by atoms with Crippen molar-refractivity contribution in [1.82, 2.24) is 5.32 Å². The van der Waals surface area contributed by atoms with Crippen LogP contribution in [0.25, 0.3) is 0 Å². The summed E-state index contributed by atoms with van der Waals surface area (Å²) in [5, 5.41) is 11.0. The van der Waals surface area contributed by atoms with Crippen LogP contribution in [0.15, 0.2) is 0 Å². The zero-order chi connectivity index (χ0) is 11.5. The lowest BCUT2D eigenvalue weighted by Gasteiger charge is -2.27. The van der Waals surface area contributed by atoms with E-state index in [1.54, 1.807) is 5.32 Å². The van der Waals surface area contributed by atoms with Gasteiger partial charge in [0.1, 0.15) is 0 Å². The molecular formula is C8H9F4NO2. The molecule has 15 heavy (non-hydrogen) atoms. The zero-order valence-corrected chi connectivity index (χ0v) is 7.57. The second-order valence-electron chi connectivity index (χ2n) is 4.17. The van der Waals surface area contributed by atoms with Gasteiger partial charge in [-0.25, -0.2) is 8.78 Å². The van der Waals surface area contributed by atoms with Crippen LogP contribution in [0.2, 0.25) is 0 Å². The number of carbonyl (C=O) groups excluding carboxylic acids is 1. The van der Waals surface area contributed by atoms with Gasteiger partial charge in [-0.15, -0.1) is 0 Å². The highest BCUT2D eigenvalue weighted by Gasteiger charge is 2.68. The number of alkyl halides is 4. The molecule has 86 valence electrons. The van der Waals surface area contributed by atoms with Crippen molar-refractivity contribution in [2.45, 2.75) is 42.8 Å². The summed E-state index contributed by atoms with van der Waals surface area (Å²) in [6.07, 6.45) is -4.23. The highest BCUT2D eigenvalue weighted by molar-refractivity contribution is 5.88. The molecule has 0 aromatic carbocycles. The van der Waals surface area contributed by atoms with E-state index in [2.05, 4.69) is 0 Å². The van der Waals surface area contributed by atoms with Crippen LogP contribution in [0.1, 0.15) is 19.3 Å². The van der Waals surface area contributed by atoms with E-state index in [0.717, 1.165) is 0 Å². The Kier molecular flexibility index (Phi) is 1.87. The number of hydrogen-bond acceptors (Lipinski definition) is 2. The number of hydrogen-bond donors (Lipinski definition) is 2. The van der Waals surface area contributed by atoms with Crippen LogP contribution in [-0.4, -0.2) is 34.5 Å². The fraction of sp³-hybridized carbons (Fsp3) is 0.875. The highest BCUT2D eigenvalue weighted by Crippen LogP contribution is 2.49. The molecule has 1 saturated carbocycles. The Morgan fingerprint density at radius 1 is 1.27 bits per heavy atom. The van der Waals surface area contributed by atoms with E-state index in [0.29, 0.717) is 0 Å². The van der Waals surface area contributed by atoms with Crippen molar-refractivity contribution in [3.05, 3.63) is 0 Å². The predicted molar refractivity (Wildman–Crippen MR) is 40.6 cm³/mol. The van der Waals surface area contributed by atoms with E-state index in [4.69, 9.17) is 0 Å². The molecule has 1 saturated heterocycles. The van der Waals surface area contributed by atoms with Gasteiger partial charge in [0.15, 0.2) is 6.10 Å². The lowest BCUT2D eigenvalue weighted by atomic mass is 9.91. The second-order valence-corrected chi connectivity index (χ2v) is 4.17. The Balaban J connectivity index is 2.30. The van der Waals surface area contributed by atoms with Crippen LogP contribution in [0.4, 0.5) is 17.6 Å². The molecule has 0 aromatic heterocycles. The van der Waals surface area contributed by atoms with Crippen LogP contribution < -0.4 is 5.32 Å². The Hall–Kier alpha value is -0.850. The van der Waals surface area contributed by atoms with Gasteiger partial charge in [-0.3, -0.25) is 4.79 Å². The lowest BCUT2D eigenvalue weighted by molar-refractivity contribution is -0.152. The van der Waals surface area contributed by atoms with Crippen LogP contribution >= 0.6 is 0 Å². The standard InChI is InChI=1S/C8H9F4NO2/c9-7(10)2-1-6(3-7)4(14)8(11,12)5(15)13-6/h4,14H,1-3H2,(H,13,15). The van der Waals surface area contributed by atoms with Gasteiger partial charge in [-0.05, 0) is 6.42 Å². The molecular weight excluding hydrogens is 218 g/mol. The van der Waals surface area contributed by atoms with Crippen molar-refractivity contribution >= 4 is 5.91 Å². The Morgan fingerprint density at radius 3 is 2.20 bits per heavy atom. The van der Waals surface area contributed by atoms with Gasteiger partial charge in [0.25, 0.3) is 11.8 Å². The van der Waals surface area contributed by atoms with Crippen molar-refractivity contribution in [1.29, 1.82) is 0 Å². The largest absolute Gasteiger partial charge is 0.384 e. The molecule has 1 aliphatic carbocycles. The second kappa shape index (κ2) is 2.63. The smallest absolute Gasteiger partial charge is 0.351 e. The monoisotopic (exact) mass is 227 g/mol. The van der Waals surface area contributed by atoms with Gasteiger partial charge in [0, 0.05) is 12.8 Å². The van der Waals surface area contributed by atoms with Crippen molar-refractivity contribution in [3.8, 4) is 0 Å². The summed E-state index contributed by atoms with van der Waals surface area (Å²) in [4.78, 5) is 10.8. The van der Waals surface area contributed by atoms with Gasteiger partial charge >= 0.3 is 5.92 Å². The van der Waals surface area contributed by atoms with Crippen molar-refractivity contribution in [2.75, 3.05) is 0 Å². The molecule has 2 aliphatic rings. The van der Waals surface area contributed by atoms with Crippen LogP contribution in [0, 0.1) is 0 Å². The third-order valence-corrected chi connectivity index (χ3v) is 3.04. The number of aliphatic hydroxyl groups is 1. The summed E-state index contributed by atoms with van der Waals surface area (Å²) in [6.45, 7) is 0. The molecule has 2 unspecified atom stereocenters. The van der Waals surface area contributed by atoms with Crippen molar-refractivity contribution in [2.24, 2.45) is 0 Å². The van der Waals surface area contributed by atoms with Crippen LogP contribution in [0.3, 0.4) is 0 Å². The topological polar surface area (TPSA) is 49.3 Å². The third kappa shape index (κ3) is 1.32. The minimum absolute atomic E-state index is 0.331. The molecule has 0 bridgehead atoms. The minimum atomic E-state index is -3.97. The SMILES string of the molecule is O=C1NC2(CCC(F)(F)C2)C(O)C1(F)F. The van der Waals surface area contributed by atoms with Gasteiger partial charge in [0.2, 0.25) is 0 Å². The quantitative estimate of drug-likeness (QED) is 0.597. The average Bonchev–Trinajstić information content (AvgIpc) is 2.47. The molecule has 2 atom stereocenters. The molecule has 3 nitrogen and oxygen atoms in total. The highest BCUT2D eigenvalue weighted by atomic mass is 19.3. The van der Waals surface area contributed by atoms with Gasteiger partial charge in [-0.2, -0.15) is 8.78 Å². The number of nitrogens with one attached hydrogen (secondary N) is 1. The molecule has 1 spiro atoms. The Bertz CT molecular complexity index is 320. The fourth-order valence-electron chi connectivity index (χ4n) is 2.23. The van der Waals surface area contributed by atoms with Crippen LogP contribution in [0.5, 0.6) is 0 Å². The van der Waals surface area contributed by atoms with Crippen molar-refractivity contribution < 1.29 is 27.5 Å². The maximum absolute atomic E-state index is 13.0. The van der Waals surface area contributed by atoms with Crippen LogP contribution in [-0.2, 0) is 4.79 Å². The summed E-state index contributed by atoms with van der Waals surface area (Å²) in [5.41, 5.74) is -1.86. The number of carbonyl (C=O) groups is 1. The van der Waals surface area contributed by atoms with E-state index in [1.165, 1.54) is 0 Å². The maximum atomic E-state index is 13.0. The van der Waals surface area contributed by atoms with Crippen molar-refractivity contribution in [3.63, 3.8) is 0 Å². The normalized spacial score (nSPS) is 42.2. The molecule has 2 N–H and O–H groups in total. The first-order chi connectivity index (χ1) is 6.70. The average molecular weight is 227 g/mol. The number of rotatable bonds is 0. The zero-order valence-electron chi connectivity index (χ0n) is 7.57. The minimum Gasteiger partial charge on any atom is -0.384 e. The Labute approximate surface area is 82.4 Å². The summed E-state index contributed by atoms with van der Waals surface area (Å²) < 4.78 is 51.7. The van der Waals surface area contributed by atoms with E-state index >= 15 is 0 Å². The first-order valence-corrected chi connectivity index (χ1v) is 4.46. The Morgan fingerprint density at radius 2 is 1.87 bits per heavy atom. The lowest BCUT2D eigenvalue weighted by Crippen LogP contribution is -2.49. The fourth-order valence-corrected chi connectivity index (χ4v) is 2.23. The molecule has 1 heterocycles. The predicted octanol–water partition coefficient (Wildman–Crippen LogP) is 0.670. The number of aliphatic hydroxyl groups excluding tert-OH is 1. The van der Waals surface area contributed by atoms with E-state index in [9.17, 15) is 27.5 Å². The summed E-state index contributed by atoms with van der Waals surface area (Å²) in [6, 6.07) is 0. The summed E-state index contributed by atoms with van der Waals surface area (Å²) in [7, 11) is 0. The molecule has 2 rings (SSSR count). The van der Waals surface area contributed by atoms with E-state index in [1.807, 2.05) is 0 Å². The van der Waals surface area contributed by atoms with E-state index < -0.39 is 42.2 Å². The summed E-state index contributed by atoms with van der Waals surface area (Å²) >= 11 is 0.